The summed E-state index contributed by atoms with van der Waals surface area (Å²) in [5, 5.41) is 7.89. The summed E-state index contributed by atoms with van der Waals surface area (Å²) in [5.74, 6) is 0.880. The molecule has 0 saturated carbocycles. The predicted octanol–water partition coefficient (Wildman–Crippen LogP) is 5.21. The summed E-state index contributed by atoms with van der Waals surface area (Å²) >= 11 is 3.59. The summed E-state index contributed by atoms with van der Waals surface area (Å²) in [6, 6.07) is 16.9. The molecule has 108 valence electrons. The Hall–Kier alpha value is -1.78. The summed E-state index contributed by atoms with van der Waals surface area (Å²) in [5.41, 5.74) is 1.04. The smallest absolute Gasteiger partial charge is 0.141 e. The Balaban J connectivity index is 1.85. The third-order valence-corrected chi connectivity index (χ3v) is 5.19. The number of benzene rings is 1. The maximum atomic E-state index is 5.44. The van der Waals surface area contributed by atoms with E-state index in [9.17, 15) is 0 Å². The van der Waals surface area contributed by atoms with Crippen molar-refractivity contribution in [1.82, 2.24) is 0 Å². The number of anilines is 1. The minimum Gasteiger partial charge on any atom is -0.495 e. The molecular weight excluding hydrogens is 298 g/mol. The van der Waals surface area contributed by atoms with E-state index in [1.165, 1.54) is 9.75 Å². The van der Waals surface area contributed by atoms with Crippen molar-refractivity contribution in [3.05, 3.63) is 69.0 Å². The molecular formula is C17H17NOS2. The molecule has 3 aromatic rings. The summed E-state index contributed by atoms with van der Waals surface area (Å²) in [4.78, 5) is 2.73. The van der Waals surface area contributed by atoms with E-state index >= 15 is 0 Å². The van der Waals surface area contributed by atoms with Crippen molar-refractivity contribution >= 4 is 28.4 Å². The van der Waals surface area contributed by atoms with E-state index in [2.05, 4.69) is 46.4 Å². The summed E-state index contributed by atoms with van der Waals surface area (Å²) < 4.78 is 5.44. The quantitative estimate of drug-likeness (QED) is 0.674. The van der Waals surface area contributed by atoms with Gasteiger partial charge in [0.2, 0.25) is 0 Å². The molecule has 21 heavy (non-hydrogen) atoms. The molecule has 3 rings (SSSR count). The highest BCUT2D eigenvalue weighted by molar-refractivity contribution is 7.10. The lowest BCUT2D eigenvalue weighted by atomic mass is 10.1. The highest BCUT2D eigenvalue weighted by Crippen LogP contribution is 2.32. The van der Waals surface area contributed by atoms with E-state index in [1.54, 1.807) is 29.8 Å². The highest BCUT2D eigenvalue weighted by atomic mass is 32.1. The maximum absolute atomic E-state index is 5.44. The average molecular weight is 315 g/mol. The molecule has 0 spiro atoms. The van der Waals surface area contributed by atoms with Crippen LogP contribution in [0.15, 0.2) is 59.3 Å². The molecule has 1 N–H and O–H groups in total. The van der Waals surface area contributed by atoms with Crippen molar-refractivity contribution in [1.29, 1.82) is 0 Å². The lowest BCUT2D eigenvalue weighted by Crippen LogP contribution is -2.12. The molecule has 2 heterocycles. The van der Waals surface area contributed by atoms with Crippen LogP contribution in [0.25, 0.3) is 0 Å². The van der Waals surface area contributed by atoms with Crippen LogP contribution in [0.5, 0.6) is 5.75 Å². The van der Waals surface area contributed by atoms with Crippen LogP contribution in [0.4, 0.5) is 5.69 Å². The Morgan fingerprint density at radius 3 is 2.52 bits per heavy atom. The van der Waals surface area contributed by atoms with Crippen LogP contribution >= 0.6 is 22.7 Å². The first-order chi connectivity index (χ1) is 10.4. The standard InChI is InChI=1S/C17H17NOS2/c1-19-16-8-3-2-7-14(16)18-15(17-9-5-11-21-17)12-13-6-4-10-20-13/h2-11,15,18H,12H2,1H3. The van der Waals surface area contributed by atoms with Gasteiger partial charge in [-0.2, -0.15) is 0 Å². The Kier molecular flexibility index (Phi) is 4.58. The molecule has 2 nitrogen and oxygen atoms in total. The minimum atomic E-state index is 0.264. The lowest BCUT2D eigenvalue weighted by Gasteiger charge is -2.20. The molecule has 0 fully saturated rings. The molecule has 1 atom stereocenters. The van der Waals surface area contributed by atoms with Crippen LogP contribution in [-0.2, 0) is 6.42 Å². The van der Waals surface area contributed by atoms with Gasteiger partial charge in [-0.1, -0.05) is 24.3 Å². The van der Waals surface area contributed by atoms with Crippen molar-refractivity contribution in [3.63, 3.8) is 0 Å². The van der Waals surface area contributed by atoms with Gasteiger partial charge >= 0.3 is 0 Å². The first-order valence-electron chi connectivity index (χ1n) is 6.82. The van der Waals surface area contributed by atoms with Crippen LogP contribution in [0.2, 0.25) is 0 Å². The molecule has 0 radical (unpaired) electrons. The zero-order valence-electron chi connectivity index (χ0n) is 11.8. The van der Waals surface area contributed by atoms with E-state index in [1.807, 2.05) is 18.2 Å². The molecule has 0 aliphatic heterocycles. The van der Waals surface area contributed by atoms with Gasteiger partial charge in [0.25, 0.3) is 0 Å². The zero-order valence-corrected chi connectivity index (χ0v) is 13.4. The largest absolute Gasteiger partial charge is 0.495 e. The number of ether oxygens (including phenoxy) is 1. The number of methoxy groups -OCH3 is 1. The van der Waals surface area contributed by atoms with E-state index in [4.69, 9.17) is 4.74 Å². The molecule has 1 aromatic carbocycles. The summed E-state index contributed by atoms with van der Waals surface area (Å²) in [7, 11) is 1.71. The maximum Gasteiger partial charge on any atom is 0.141 e. The SMILES string of the molecule is COc1ccccc1NC(Cc1cccs1)c1cccs1. The fraction of sp³-hybridized carbons (Fsp3) is 0.176. The van der Waals surface area contributed by atoms with Gasteiger partial charge in [-0.3, -0.25) is 0 Å². The van der Waals surface area contributed by atoms with Crippen LogP contribution in [-0.4, -0.2) is 7.11 Å². The number of thiophene rings is 2. The lowest BCUT2D eigenvalue weighted by molar-refractivity contribution is 0.416. The van der Waals surface area contributed by atoms with Gasteiger partial charge in [0.1, 0.15) is 5.75 Å². The number of rotatable bonds is 6. The second-order valence-corrected chi connectivity index (χ2v) is 6.71. The van der Waals surface area contributed by atoms with Crippen molar-refractivity contribution < 1.29 is 4.74 Å². The van der Waals surface area contributed by atoms with Crippen LogP contribution in [0.3, 0.4) is 0 Å². The minimum absolute atomic E-state index is 0.264. The Morgan fingerprint density at radius 1 is 1.00 bits per heavy atom. The Labute approximate surface area is 133 Å². The van der Waals surface area contributed by atoms with E-state index in [0.29, 0.717) is 0 Å². The van der Waals surface area contributed by atoms with Crippen molar-refractivity contribution in [3.8, 4) is 5.75 Å². The van der Waals surface area contributed by atoms with Crippen molar-refractivity contribution in [2.45, 2.75) is 12.5 Å². The van der Waals surface area contributed by atoms with Gasteiger partial charge in [-0.05, 0) is 35.0 Å². The topological polar surface area (TPSA) is 21.3 Å². The molecule has 0 amide bonds. The molecule has 4 heteroatoms. The van der Waals surface area contributed by atoms with Gasteiger partial charge < -0.3 is 10.1 Å². The fourth-order valence-electron chi connectivity index (χ4n) is 2.29. The molecule has 0 aliphatic carbocycles. The number of nitrogens with one attached hydrogen (secondary N) is 1. The van der Waals surface area contributed by atoms with Gasteiger partial charge in [0, 0.05) is 16.2 Å². The first kappa shape index (κ1) is 14.2. The van der Waals surface area contributed by atoms with E-state index < -0.39 is 0 Å². The Morgan fingerprint density at radius 2 is 1.81 bits per heavy atom. The number of para-hydroxylation sites is 2. The third kappa shape index (κ3) is 3.46. The van der Waals surface area contributed by atoms with Gasteiger partial charge in [0.05, 0.1) is 18.8 Å². The molecule has 1 unspecified atom stereocenters. The average Bonchev–Trinajstić information content (AvgIpc) is 3.20. The molecule has 2 aromatic heterocycles. The molecule has 0 saturated heterocycles. The van der Waals surface area contributed by atoms with Gasteiger partial charge in [0.15, 0.2) is 0 Å². The highest BCUT2D eigenvalue weighted by Gasteiger charge is 2.15. The molecule has 0 bridgehead atoms. The normalized spacial score (nSPS) is 12.0. The number of hydrogen-bond donors (Lipinski definition) is 1. The molecule has 0 aliphatic rings. The summed E-state index contributed by atoms with van der Waals surface area (Å²) in [6.45, 7) is 0. The van der Waals surface area contributed by atoms with Crippen molar-refractivity contribution in [2.75, 3.05) is 12.4 Å². The van der Waals surface area contributed by atoms with Crippen LogP contribution in [0.1, 0.15) is 15.8 Å². The predicted molar refractivity (Wildman–Crippen MR) is 91.7 cm³/mol. The first-order valence-corrected chi connectivity index (χ1v) is 8.58. The monoisotopic (exact) mass is 315 g/mol. The second-order valence-electron chi connectivity index (χ2n) is 4.70. The van der Waals surface area contributed by atoms with Crippen LogP contribution in [0, 0.1) is 0 Å². The fourth-order valence-corrected chi connectivity index (χ4v) is 3.82. The van der Waals surface area contributed by atoms with E-state index in [-0.39, 0.29) is 6.04 Å². The Bertz CT molecular complexity index is 662. The van der Waals surface area contributed by atoms with Crippen LogP contribution < -0.4 is 10.1 Å². The summed E-state index contributed by atoms with van der Waals surface area (Å²) in [6.07, 6.45) is 0.982. The number of hydrogen-bond acceptors (Lipinski definition) is 4. The van der Waals surface area contributed by atoms with Gasteiger partial charge in [-0.25, -0.2) is 0 Å². The zero-order chi connectivity index (χ0) is 14.5. The third-order valence-electron chi connectivity index (χ3n) is 3.31. The van der Waals surface area contributed by atoms with Gasteiger partial charge in [-0.15, -0.1) is 22.7 Å². The van der Waals surface area contributed by atoms with E-state index in [0.717, 1.165) is 17.9 Å². The van der Waals surface area contributed by atoms with Crippen molar-refractivity contribution in [2.24, 2.45) is 0 Å². The second kappa shape index (κ2) is 6.78.